The summed E-state index contributed by atoms with van der Waals surface area (Å²) in [6, 6.07) is 0. The lowest BCUT2D eigenvalue weighted by Crippen LogP contribution is -2.26. The Balaban J connectivity index is 2.63. The van der Waals surface area contributed by atoms with Gasteiger partial charge in [-0.1, -0.05) is 22.1 Å². The molecule has 0 aromatic carbocycles. The van der Waals surface area contributed by atoms with Gasteiger partial charge in [0, 0.05) is 6.54 Å². The van der Waals surface area contributed by atoms with Gasteiger partial charge in [0.2, 0.25) is 0 Å². The molecule has 84 valence electrons. The number of halogens is 1. The molecule has 1 unspecified atom stereocenters. The molecule has 0 amide bonds. The predicted octanol–water partition coefficient (Wildman–Crippen LogP) is 2.13. The van der Waals surface area contributed by atoms with Crippen molar-refractivity contribution < 1.29 is 4.55 Å². The molecule has 0 aliphatic carbocycles. The first-order chi connectivity index (χ1) is 6.89. The SMILES string of the molecule is CC(C)(C)[S+]([O-])N=CC1=CCNC(Cl)=C1. The Hall–Kier alpha value is -0.450. The summed E-state index contributed by atoms with van der Waals surface area (Å²) in [6.45, 7) is 6.35. The van der Waals surface area contributed by atoms with Crippen LogP contribution in [0.5, 0.6) is 0 Å². The molecule has 0 aromatic rings. The van der Waals surface area contributed by atoms with Crippen molar-refractivity contribution >= 4 is 29.2 Å². The van der Waals surface area contributed by atoms with Gasteiger partial charge in [0.1, 0.15) is 21.3 Å². The summed E-state index contributed by atoms with van der Waals surface area (Å²) >= 11 is 4.57. The molecule has 0 saturated carbocycles. The average molecular weight is 247 g/mol. The van der Waals surface area contributed by atoms with Crippen LogP contribution in [0.3, 0.4) is 0 Å². The highest BCUT2D eigenvalue weighted by molar-refractivity contribution is 7.91. The molecular formula is C10H15ClN2OS. The monoisotopic (exact) mass is 246 g/mol. The molecule has 0 aromatic heterocycles. The molecule has 3 nitrogen and oxygen atoms in total. The minimum atomic E-state index is -1.21. The van der Waals surface area contributed by atoms with Crippen molar-refractivity contribution in [1.82, 2.24) is 5.32 Å². The van der Waals surface area contributed by atoms with Gasteiger partial charge in [-0.3, -0.25) is 0 Å². The van der Waals surface area contributed by atoms with Crippen molar-refractivity contribution in [3.8, 4) is 0 Å². The van der Waals surface area contributed by atoms with E-state index >= 15 is 0 Å². The first-order valence-electron chi connectivity index (χ1n) is 4.67. The third-order valence-corrected chi connectivity index (χ3v) is 3.31. The van der Waals surface area contributed by atoms with E-state index in [0.717, 1.165) is 5.57 Å². The van der Waals surface area contributed by atoms with Crippen molar-refractivity contribution in [2.24, 2.45) is 4.40 Å². The van der Waals surface area contributed by atoms with Crippen LogP contribution >= 0.6 is 11.6 Å². The van der Waals surface area contributed by atoms with Crippen LogP contribution in [0.25, 0.3) is 0 Å². The lowest BCUT2D eigenvalue weighted by molar-refractivity contribution is 0.562. The second kappa shape index (κ2) is 5.05. The number of nitrogens with zero attached hydrogens (tertiary/aromatic N) is 1. The van der Waals surface area contributed by atoms with Gasteiger partial charge >= 0.3 is 0 Å². The average Bonchev–Trinajstić information content (AvgIpc) is 2.12. The van der Waals surface area contributed by atoms with E-state index in [0.29, 0.717) is 11.7 Å². The van der Waals surface area contributed by atoms with E-state index in [1.807, 2.05) is 26.8 Å². The fourth-order valence-electron chi connectivity index (χ4n) is 0.879. The first kappa shape index (κ1) is 12.6. The molecule has 0 fully saturated rings. The van der Waals surface area contributed by atoms with E-state index in [9.17, 15) is 4.55 Å². The van der Waals surface area contributed by atoms with Crippen LogP contribution in [-0.2, 0) is 11.4 Å². The van der Waals surface area contributed by atoms with Gasteiger partial charge in [0.15, 0.2) is 0 Å². The fourth-order valence-corrected chi connectivity index (χ4v) is 1.62. The van der Waals surface area contributed by atoms with Crippen LogP contribution in [-0.4, -0.2) is 22.1 Å². The summed E-state index contributed by atoms with van der Waals surface area (Å²) in [4.78, 5) is 0. The van der Waals surface area contributed by atoms with Gasteiger partial charge in [0.25, 0.3) is 0 Å². The third kappa shape index (κ3) is 4.28. The molecule has 1 rings (SSSR count). The van der Waals surface area contributed by atoms with E-state index in [-0.39, 0.29) is 4.75 Å². The zero-order chi connectivity index (χ0) is 11.5. The Morgan fingerprint density at radius 2 is 2.27 bits per heavy atom. The second-order valence-electron chi connectivity index (χ2n) is 4.17. The molecule has 0 saturated heterocycles. The van der Waals surface area contributed by atoms with Crippen molar-refractivity contribution in [2.75, 3.05) is 6.54 Å². The quantitative estimate of drug-likeness (QED) is 0.461. The van der Waals surface area contributed by atoms with E-state index in [1.54, 1.807) is 12.3 Å². The first-order valence-corrected chi connectivity index (χ1v) is 6.15. The smallest absolute Gasteiger partial charge is 0.144 e. The van der Waals surface area contributed by atoms with E-state index in [4.69, 9.17) is 11.6 Å². The zero-order valence-corrected chi connectivity index (χ0v) is 10.7. The highest BCUT2D eigenvalue weighted by Crippen LogP contribution is 2.17. The van der Waals surface area contributed by atoms with Crippen molar-refractivity contribution in [3.63, 3.8) is 0 Å². The van der Waals surface area contributed by atoms with Gasteiger partial charge < -0.3 is 9.87 Å². The maximum absolute atomic E-state index is 11.6. The normalized spacial score (nSPS) is 19.5. The molecular weight excluding hydrogens is 232 g/mol. The Morgan fingerprint density at radius 3 is 2.80 bits per heavy atom. The molecule has 1 atom stereocenters. The molecule has 0 radical (unpaired) electrons. The molecule has 0 spiro atoms. The molecule has 1 aliphatic rings. The molecule has 1 heterocycles. The van der Waals surface area contributed by atoms with Crippen LogP contribution in [0.15, 0.2) is 27.3 Å². The van der Waals surface area contributed by atoms with Crippen LogP contribution in [0, 0.1) is 0 Å². The second-order valence-corrected chi connectivity index (χ2v) is 6.51. The van der Waals surface area contributed by atoms with Gasteiger partial charge in [-0.25, -0.2) is 0 Å². The summed E-state index contributed by atoms with van der Waals surface area (Å²) in [5.41, 5.74) is 0.886. The van der Waals surface area contributed by atoms with E-state index in [1.165, 1.54) is 0 Å². The van der Waals surface area contributed by atoms with Crippen molar-refractivity contribution in [2.45, 2.75) is 25.5 Å². The number of rotatable bonds is 2. The number of allylic oxidation sites excluding steroid dienone is 2. The number of hydrogen-bond acceptors (Lipinski definition) is 3. The zero-order valence-electron chi connectivity index (χ0n) is 9.08. The number of dihydropyridines is 1. The lowest BCUT2D eigenvalue weighted by atomic mass is 10.2. The highest BCUT2D eigenvalue weighted by Gasteiger charge is 2.25. The summed E-state index contributed by atoms with van der Waals surface area (Å²) in [5.74, 6) is 0. The number of hydrogen-bond donors (Lipinski definition) is 1. The maximum Gasteiger partial charge on any atom is 0.144 e. The number of nitrogens with one attached hydrogen (secondary N) is 1. The summed E-state index contributed by atoms with van der Waals surface area (Å²) in [7, 11) is 0. The van der Waals surface area contributed by atoms with Crippen molar-refractivity contribution in [1.29, 1.82) is 0 Å². The summed E-state index contributed by atoms with van der Waals surface area (Å²) in [6.07, 6.45) is 5.30. The minimum Gasteiger partial charge on any atom is -0.591 e. The standard InChI is InChI=1S/C10H15ClN2OS/c1-10(2,3)15(14)13-7-8-4-5-12-9(11)6-8/h4,6-7,12H,5H2,1-3H3. The summed E-state index contributed by atoms with van der Waals surface area (Å²) < 4.78 is 15.3. The van der Waals surface area contributed by atoms with Gasteiger partial charge in [-0.05, 0) is 32.4 Å². The Labute approximate surface area is 98.6 Å². The Morgan fingerprint density at radius 1 is 1.60 bits per heavy atom. The van der Waals surface area contributed by atoms with Crippen LogP contribution in [0.2, 0.25) is 0 Å². The van der Waals surface area contributed by atoms with Crippen LogP contribution in [0.4, 0.5) is 0 Å². The molecule has 1 N–H and O–H groups in total. The van der Waals surface area contributed by atoms with Gasteiger partial charge in [0.05, 0.1) is 6.21 Å². The lowest BCUT2D eigenvalue weighted by Gasteiger charge is -2.18. The Kier molecular flexibility index (Phi) is 4.25. The predicted molar refractivity (Wildman–Crippen MR) is 66.4 cm³/mol. The largest absolute Gasteiger partial charge is 0.591 e. The van der Waals surface area contributed by atoms with Gasteiger partial charge in [-0.2, -0.15) is 0 Å². The van der Waals surface area contributed by atoms with Gasteiger partial charge in [-0.15, -0.1) is 0 Å². The van der Waals surface area contributed by atoms with Crippen LogP contribution in [0.1, 0.15) is 20.8 Å². The van der Waals surface area contributed by atoms with Crippen LogP contribution < -0.4 is 5.32 Å². The topological polar surface area (TPSA) is 47.5 Å². The van der Waals surface area contributed by atoms with E-state index in [2.05, 4.69) is 9.71 Å². The third-order valence-electron chi connectivity index (χ3n) is 1.72. The maximum atomic E-state index is 11.6. The molecule has 0 bridgehead atoms. The molecule has 15 heavy (non-hydrogen) atoms. The Bertz CT molecular complexity index is 318. The fraction of sp³-hybridized carbons (Fsp3) is 0.500. The summed E-state index contributed by atoms with van der Waals surface area (Å²) in [5, 5.41) is 3.53. The highest BCUT2D eigenvalue weighted by atomic mass is 35.5. The minimum absolute atomic E-state index is 0.322. The molecule has 5 heteroatoms. The molecule has 1 aliphatic heterocycles. The van der Waals surface area contributed by atoms with E-state index < -0.39 is 11.4 Å². The van der Waals surface area contributed by atoms with Crippen molar-refractivity contribution in [3.05, 3.63) is 22.9 Å².